The van der Waals surface area contributed by atoms with Crippen molar-refractivity contribution in [2.24, 2.45) is 0 Å². The summed E-state index contributed by atoms with van der Waals surface area (Å²) < 4.78 is 20.6. The Morgan fingerprint density at radius 3 is 2.43 bits per heavy atom. The number of nitrogens with zero attached hydrogens (tertiary/aromatic N) is 7. The number of fused-ring (bicyclic) bond motifs is 1. The van der Waals surface area contributed by atoms with Gasteiger partial charge in [0, 0.05) is 56.4 Å². The monoisotopic (exact) mass is 590 g/mol. The summed E-state index contributed by atoms with van der Waals surface area (Å²) in [4.78, 5) is 46.0. The van der Waals surface area contributed by atoms with Gasteiger partial charge in [0.1, 0.15) is 17.3 Å². The second-order valence-electron chi connectivity index (χ2n) is 10.6. The lowest BCUT2D eigenvalue weighted by atomic mass is 10.1. The van der Waals surface area contributed by atoms with Crippen molar-refractivity contribution >= 4 is 22.7 Å². The van der Waals surface area contributed by atoms with E-state index in [-0.39, 0.29) is 5.75 Å². The predicted octanol–water partition coefficient (Wildman–Crippen LogP) is 3.19. The maximum absolute atomic E-state index is 13.5. The van der Waals surface area contributed by atoms with Gasteiger partial charge in [-0.2, -0.15) is 0 Å². The van der Waals surface area contributed by atoms with Gasteiger partial charge in [-0.15, -0.1) is 0 Å². The third-order valence-corrected chi connectivity index (χ3v) is 7.95. The zero-order valence-electron chi connectivity index (χ0n) is 23.8. The van der Waals surface area contributed by atoms with E-state index in [4.69, 9.17) is 15.5 Å². The molecule has 7 rings (SSSR count). The van der Waals surface area contributed by atoms with Crippen molar-refractivity contribution in [2.45, 2.75) is 6.54 Å². The van der Waals surface area contributed by atoms with Crippen LogP contribution in [0.3, 0.4) is 0 Å². The number of methoxy groups -OCH3 is 1. The smallest absolute Gasteiger partial charge is 0.272 e. The van der Waals surface area contributed by atoms with Crippen molar-refractivity contribution in [2.75, 3.05) is 43.9 Å². The zero-order chi connectivity index (χ0) is 30.4. The third kappa shape index (κ3) is 4.74. The van der Waals surface area contributed by atoms with Gasteiger partial charge in [0.05, 0.1) is 30.1 Å². The van der Waals surface area contributed by atoms with Gasteiger partial charge >= 0.3 is 0 Å². The molecule has 0 unspecified atom stereocenters. The van der Waals surface area contributed by atoms with Crippen LogP contribution in [0.1, 0.15) is 5.56 Å². The topological polar surface area (TPSA) is 132 Å². The summed E-state index contributed by atoms with van der Waals surface area (Å²) in [5.41, 5.74) is 10.9. The first-order valence-electron chi connectivity index (χ1n) is 14.1. The Balaban J connectivity index is 1.18. The quantitative estimate of drug-likeness (QED) is 0.277. The molecule has 5 heterocycles. The summed E-state index contributed by atoms with van der Waals surface area (Å²) in [7, 11) is 1.42. The van der Waals surface area contributed by atoms with E-state index >= 15 is 0 Å². The minimum Gasteiger partial charge on any atom is -0.491 e. The number of ether oxygens (including phenoxy) is 1. The van der Waals surface area contributed by atoms with E-state index < -0.39 is 16.7 Å². The fourth-order valence-corrected chi connectivity index (χ4v) is 5.67. The number of halogens is 1. The van der Waals surface area contributed by atoms with Crippen LogP contribution < -0.4 is 26.2 Å². The van der Waals surface area contributed by atoms with Crippen LogP contribution in [0, 0.1) is 5.82 Å². The number of pyridine rings is 3. The number of benzene rings is 1. The van der Waals surface area contributed by atoms with Crippen LogP contribution in [0.15, 0.2) is 82.8 Å². The van der Waals surface area contributed by atoms with Gasteiger partial charge in [0.2, 0.25) is 0 Å². The minimum atomic E-state index is -0.552. The van der Waals surface area contributed by atoms with Gasteiger partial charge < -0.3 is 15.4 Å². The molecule has 0 atom stereocenters. The number of nitrogen functional groups attached to an aromatic ring is 1. The van der Waals surface area contributed by atoms with Gasteiger partial charge in [0.15, 0.2) is 17.2 Å². The maximum Gasteiger partial charge on any atom is 0.272 e. The normalized spacial score (nSPS) is 14.0. The van der Waals surface area contributed by atoms with E-state index in [2.05, 4.69) is 32.0 Å². The van der Waals surface area contributed by atoms with Crippen molar-refractivity contribution in [1.29, 1.82) is 0 Å². The Hall–Kier alpha value is -5.49. The van der Waals surface area contributed by atoms with Crippen molar-refractivity contribution in [3.05, 3.63) is 105 Å². The molecular formula is C32H27FN8O3. The van der Waals surface area contributed by atoms with E-state index in [1.807, 2.05) is 39.8 Å². The SMILES string of the molecule is COc1c(N2CCN(Cc3ccc(-n4c(-c5cccnc5N)nc5ncc(-c6ccc(F)cn6)cc54)cc3)CC2)c(=O)c1=O. The summed E-state index contributed by atoms with van der Waals surface area (Å²) in [5.74, 6) is 0.697. The molecule has 1 saturated heterocycles. The Labute approximate surface area is 250 Å². The lowest BCUT2D eigenvalue weighted by Crippen LogP contribution is -2.50. The molecular weight excluding hydrogens is 563 g/mol. The molecule has 1 fully saturated rings. The fraction of sp³-hybridized carbons (Fsp3) is 0.188. The van der Waals surface area contributed by atoms with Crippen LogP contribution in [0.25, 0.3) is 39.5 Å². The number of aromatic nitrogens is 5. The molecule has 11 nitrogen and oxygen atoms in total. The Morgan fingerprint density at radius 1 is 0.932 bits per heavy atom. The van der Waals surface area contributed by atoms with Gasteiger partial charge in [-0.1, -0.05) is 12.1 Å². The lowest BCUT2D eigenvalue weighted by Gasteiger charge is -2.36. The second kappa shape index (κ2) is 11.0. The number of nitrogens with two attached hydrogens (primary N) is 1. The Kier molecular flexibility index (Phi) is 6.82. The molecule has 0 spiro atoms. The number of rotatable bonds is 7. The highest BCUT2D eigenvalue weighted by atomic mass is 19.1. The van der Waals surface area contributed by atoms with Crippen LogP contribution in [0.2, 0.25) is 0 Å². The minimum absolute atomic E-state index is 0.162. The molecule has 0 saturated carbocycles. The van der Waals surface area contributed by atoms with Crippen molar-refractivity contribution in [3.8, 4) is 34.1 Å². The standard InChI is InChI=1S/C32H27FN8O3/c1-44-29-26(27(42)28(29)43)40-13-11-39(12-14-40)18-19-4-7-22(8-5-19)41-25-15-20(24-9-6-21(33)17-36-24)16-37-31(25)38-32(41)23-3-2-10-35-30(23)34/h2-10,15-17H,11-14,18H2,1H3,(H2,34,35). The summed E-state index contributed by atoms with van der Waals surface area (Å²) in [6, 6.07) is 16.8. The number of anilines is 2. The molecule has 12 heteroatoms. The first-order valence-corrected chi connectivity index (χ1v) is 14.1. The third-order valence-electron chi connectivity index (χ3n) is 7.95. The van der Waals surface area contributed by atoms with Crippen LogP contribution in [0.4, 0.5) is 15.9 Å². The molecule has 1 aliphatic heterocycles. The average molecular weight is 591 g/mol. The Bertz CT molecular complexity index is 2060. The Morgan fingerprint density at radius 2 is 1.73 bits per heavy atom. The highest BCUT2D eigenvalue weighted by Crippen LogP contribution is 2.32. The molecule has 0 radical (unpaired) electrons. The second-order valence-corrected chi connectivity index (χ2v) is 10.6. The molecule has 0 amide bonds. The van der Waals surface area contributed by atoms with Gasteiger partial charge in [0.25, 0.3) is 10.9 Å². The van der Waals surface area contributed by atoms with Gasteiger partial charge in [-0.05, 0) is 48.0 Å². The maximum atomic E-state index is 13.5. The van der Waals surface area contributed by atoms with Crippen LogP contribution >= 0.6 is 0 Å². The molecule has 4 aromatic heterocycles. The fourth-order valence-electron chi connectivity index (χ4n) is 5.67. The van der Waals surface area contributed by atoms with Crippen molar-refractivity contribution in [1.82, 2.24) is 29.4 Å². The summed E-state index contributed by atoms with van der Waals surface area (Å²) in [6.07, 6.45) is 4.48. The molecule has 0 bridgehead atoms. The van der Waals surface area contributed by atoms with Crippen molar-refractivity contribution in [3.63, 3.8) is 0 Å². The molecule has 44 heavy (non-hydrogen) atoms. The molecule has 0 aliphatic carbocycles. The first-order chi connectivity index (χ1) is 21.4. The zero-order valence-corrected chi connectivity index (χ0v) is 23.8. The highest BCUT2D eigenvalue weighted by molar-refractivity contribution is 5.85. The first kappa shape index (κ1) is 27.3. The molecule has 1 aliphatic rings. The summed E-state index contributed by atoms with van der Waals surface area (Å²) in [6.45, 7) is 3.48. The van der Waals surface area contributed by atoms with Crippen LogP contribution in [-0.4, -0.2) is 62.7 Å². The van der Waals surface area contributed by atoms with Crippen LogP contribution in [0.5, 0.6) is 5.75 Å². The molecule has 2 aromatic carbocycles. The molecule has 220 valence electrons. The highest BCUT2D eigenvalue weighted by Gasteiger charge is 2.29. The van der Waals surface area contributed by atoms with Gasteiger partial charge in [-0.3, -0.25) is 24.0 Å². The van der Waals surface area contributed by atoms with Crippen LogP contribution in [-0.2, 0) is 6.54 Å². The van der Waals surface area contributed by atoms with Gasteiger partial charge in [-0.25, -0.2) is 19.3 Å². The largest absolute Gasteiger partial charge is 0.491 e. The van der Waals surface area contributed by atoms with Crippen molar-refractivity contribution < 1.29 is 9.13 Å². The van der Waals surface area contributed by atoms with E-state index in [0.717, 1.165) is 42.0 Å². The lowest BCUT2D eigenvalue weighted by molar-refractivity contribution is 0.248. The molecule has 2 N–H and O–H groups in total. The number of piperazine rings is 1. The number of imidazole rings is 1. The summed E-state index contributed by atoms with van der Waals surface area (Å²) >= 11 is 0. The summed E-state index contributed by atoms with van der Waals surface area (Å²) in [5, 5.41) is 0. The number of hydrogen-bond donors (Lipinski definition) is 1. The molecule has 6 aromatic rings. The van der Waals surface area contributed by atoms with E-state index in [1.54, 1.807) is 18.5 Å². The van der Waals surface area contributed by atoms with E-state index in [9.17, 15) is 14.0 Å². The predicted molar refractivity (Wildman–Crippen MR) is 165 cm³/mol. The van der Waals surface area contributed by atoms with E-state index in [1.165, 1.54) is 19.4 Å². The number of hydrogen-bond acceptors (Lipinski definition) is 10. The van der Waals surface area contributed by atoms with E-state index in [0.29, 0.717) is 47.3 Å². The average Bonchev–Trinajstić information content (AvgIpc) is 3.43.